The van der Waals surface area contributed by atoms with Crippen molar-refractivity contribution in [2.45, 2.75) is 57.8 Å². The Balaban J connectivity index is 1.49. The molecule has 2 nitrogen and oxygen atoms in total. The molecule has 0 saturated heterocycles. The molecule has 0 aliphatic heterocycles. The highest BCUT2D eigenvalue weighted by atomic mass is 16.4. The summed E-state index contributed by atoms with van der Waals surface area (Å²) in [5.41, 5.74) is 1.33. The van der Waals surface area contributed by atoms with E-state index < -0.39 is 5.97 Å². The molecule has 2 heteroatoms. The third kappa shape index (κ3) is 5.69. The average molecular weight is 375 g/mol. The van der Waals surface area contributed by atoms with Crippen LogP contribution in [0.4, 0.5) is 0 Å². The van der Waals surface area contributed by atoms with E-state index in [0.29, 0.717) is 6.42 Å². The number of rotatable bonds is 11. The molecule has 28 heavy (non-hydrogen) atoms. The van der Waals surface area contributed by atoms with Crippen molar-refractivity contribution in [3.63, 3.8) is 0 Å². The first-order chi connectivity index (χ1) is 13.8. The first-order valence-electron chi connectivity index (χ1n) is 10.5. The summed E-state index contributed by atoms with van der Waals surface area (Å²) in [6, 6.07) is 19.5. The molecule has 146 valence electrons. The van der Waals surface area contributed by atoms with Crippen LogP contribution in [0.5, 0.6) is 0 Å². The van der Waals surface area contributed by atoms with Gasteiger partial charge in [-0.15, -0.1) is 0 Å². The van der Waals surface area contributed by atoms with Gasteiger partial charge in [0.2, 0.25) is 0 Å². The van der Waals surface area contributed by atoms with E-state index in [1.54, 1.807) is 0 Å². The molecule has 0 amide bonds. The lowest BCUT2D eigenvalue weighted by Crippen LogP contribution is -1.93. The quantitative estimate of drug-likeness (QED) is 0.277. The predicted molar refractivity (Wildman–Crippen MR) is 120 cm³/mol. The number of benzene rings is 3. The van der Waals surface area contributed by atoms with Crippen molar-refractivity contribution >= 4 is 33.6 Å². The predicted octanol–water partition coefficient (Wildman–Crippen LogP) is 7.60. The van der Waals surface area contributed by atoms with Crippen LogP contribution in [-0.4, -0.2) is 11.1 Å². The van der Waals surface area contributed by atoms with Crippen LogP contribution < -0.4 is 0 Å². The van der Waals surface area contributed by atoms with Gasteiger partial charge in [-0.3, -0.25) is 4.79 Å². The van der Waals surface area contributed by atoms with Crippen LogP contribution in [0.15, 0.2) is 60.7 Å². The van der Waals surface area contributed by atoms with Crippen molar-refractivity contribution in [1.29, 1.82) is 0 Å². The van der Waals surface area contributed by atoms with Crippen LogP contribution in [0.3, 0.4) is 0 Å². The van der Waals surface area contributed by atoms with Gasteiger partial charge in [-0.25, -0.2) is 0 Å². The molecule has 0 bridgehead atoms. The smallest absolute Gasteiger partial charge is 0.303 e. The SMILES string of the molecule is O=C(O)CCCCCCCCCC=Cc1c2ccccc2cc2ccccc12. The number of fused-ring (bicyclic) bond motifs is 2. The average Bonchev–Trinajstić information content (AvgIpc) is 2.71. The van der Waals surface area contributed by atoms with Gasteiger partial charge in [-0.2, -0.15) is 0 Å². The molecule has 0 fully saturated rings. The van der Waals surface area contributed by atoms with Crippen LogP contribution in [0.1, 0.15) is 63.4 Å². The number of carbonyl (C=O) groups is 1. The number of unbranched alkanes of at least 4 members (excludes halogenated alkanes) is 7. The van der Waals surface area contributed by atoms with Crippen LogP contribution in [0.2, 0.25) is 0 Å². The molecule has 3 aromatic rings. The number of carboxylic acid groups (broad SMARTS) is 1. The first kappa shape index (κ1) is 20.1. The van der Waals surface area contributed by atoms with E-state index >= 15 is 0 Å². The summed E-state index contributed by atoms with van der Waals surface area (Å²) in [6.45, 7) is 0. The highest BCUT2D eigenvalue weighted by Gasteiger charge is 2.04. The Hall–Kier alpha value is -2.61. The number of hydrogen-bond acceptors (Lipinski definition) is 1. The maximum Gasteiger partial charge on any atom is 0.303 e. The molecule has 0 atom stereocenters. The van der Waals surface area contributed by atoms with Gasteiger partial charge >= 0.3 is 5.97 Å². The summed E-state index contributed by atoms with van der Waals surface area (Å²) in [4.78, 5) is 10.5. The Labute approximate surface area is 167 Å². The van der Waals surface area contributed by atoms with E-state index in [4.69, 9.17) is 5.11 Å². The van der Waals surface area contributed by atoms with Gasteiger partial charge in [0.15, 0.2) is 0 Å². The largest absolute Gasteiger partial charge is 0.481 e. The van der Waals surface area contributed by atoms with E-state index in [9.17, 15) is 4.79 Å². The second-order valence-electron chi connectivity index (χ2n) is 7.54. The topological polar surface area (TPSA) is 37.3 Å². The van der Waals surface area contributed by atoms with Crippen molar-refractivity contribution in [1.82, 2.24) is 0 Å². The monoisotopic (exact) mass is 374 g/mol. The van der Waals surface area contributed by atoms with Gasteiger partial charge in [0.05, 0.1) is 0 Å². The lowest BCUT2D eigenvalue weighted by atomic mass is 9.96. The molecular weight excluding hydrogens is 344 g/mol. The van der Waals surface area contributed by atoms with Crippen LogP contribution in [0, 0.1) is 0 Å². The maximum atomic E-state index is 10.5. The van der Waals surface area contributed by atoms with Gasteiger partial charge in [-0.1, -0.05) is 92.8 Å². The highest BCUT2D eigenvalue weighted by Crippen LogP contribution is 2.29. The lowest BCUT2D eigenvalue weighted by Gasteiger charge is -2.08. The Bertz CT molecular complexity index is 885. The number of carboxylic acids is 1. The third-order valence-corrected chi connectivity index (χ3v) is 5.36. The summed E-state index contributed by atoms with van der Waals surface area (Å²) in [7, 11) is 0. The zero-order chi connectivity index (χ0) is 19.6. The van der Waals surface area contributed by atoms with E-state index in [-0.39, 0.29) is 0 Å². The Morgan fingerprint density at radius 1 is 0.750 bits per heavy atom. The standard InChI is InChI=1S/C26H30O2/c27-26(28)19-9-7-5-3-1-2-4-6-8-18-25-23-16-12-10-14-21(23)20-22-15-11-13-17-24(22)25/h8,10-18,20H,1-7,9,19H2,(H,27,28). The van der Waals surface area contributed by atoms with Gasteiger partial charge in [0.1, 0.15) is 0 Å². The second kappa shape index (κ2) is 10.7. The summed E-state index contributed by atoms with van der Waals surface area (Å²) >= 11 is 0. The molecule has 0 aliphatic rings. The summed E-state index contributed by atoms with van der Waals surface area (Å²) in [6.07, 6.45) is 14.0. The lowest BCUT2D eigenvalue weighted by molar-refractivity contribution is -0.137. The second-order valence-corrected chi connectivity index (χ2v) is 7.54. The minimum absolute atomic E-state index is 0.313. The van der Waals surface area contributed by atoms with E-state index in [1.807, 2.05) is 0 Å². The fourth-order valence-corrected chi connectivity index (χ4v) is 3.85. The third-order valence-electron chi connectivity index (χ3n) is 5.36. The highest BCUT2D eigenvalue weighted by molar-refractivity contribution is 6.06. The minimum Gasteiger partial charge on any atom is -0.481 e. The Morgan fingerprint density at radius 2 is 1.29 bits per heavy atom. The summed E-state index contributed by atoms with van der Waals surface area (Å²) < 4.78 is 0. The molecule has 1 N–H and O–H groups in total. The van der Waals surface area contributed by atoms with Crippen molar-refractivity contribution in [2.75, 3.05) is 0 Å². The van der Waals surface area contributed by atoms with Gasteiger partial charge in [0.25, 0.3) is 0 Å². The van der Waals surface area contributed by atoms with Crippen molar-refractivity contribution in [3.8, 4) is 0 Å². The molecule has 0 radical (unpaired) electrons. The Kier molecular flexibility index (Phi) is 7.66. The van der Waals surface area contributed by atoms with E-state index in [0.717, 1.165) is 25.7 Å². The van der Waals surface area contributed by atoms with Crippen molar-refractivity contribution in [3.05, 3.63) is 66.2 Å². The number of allylic oxidation sites excluding steroid dienone is 1. The van der Waals surface area contributed by atoms with Gasteiger partial charge < -0.3 is 5.11 Å². The maximum absolute atomic E-state index is 10.5. The fraction of sp³-hybridized carbons (Fsp3) is 0.346. The van der Waals surface area contributed by atoms with Crippen LogP contribution in [0.25, 0.3) is 27.6 Å². The van der Waals surface area contributed by atoms with Crippen molar-refractivity contribution in [2.24, 2.45) is 0 Å². The zero-order valence-electron chi connectivity index (χ0n) is 16.6. The number of aliphatic carboxylic acids is 1. The molecule has 0 spiro atoms. The first-order valence-corrected chi connectivity index (χ1v) is 10.5. The van der Waals surface area contributed by atoms with E-state index in [1.165, 1.54) is 52.8 Å². The molecule has 3 aromatic carbocycles. The molecule has 0 heterocycles. The van der Waals surface area contributed by atoms with E-state index in [2.05, 4.69) is 66.7 Å². The molecule has 0 unspecified atom stereocenters. The molecule has 0 saturated carbocycles. The minimum atomic E-state index is -0.675. The van der Waals surface area contributed by atoms with Crippen LogP contribution in [-0.2, 0) is 4.79 Å². The van der Waals surface area contributed by atoms with Gasteiger partial charge in [0, 0.05) is 6.42 Å². The fourth-order valence-electron chi connectivity index (χ4n) is 3.85. The summed E-state index contributed by atoms with van der Waals surface area (Å²) in [5, 5.41) is 13.9. The van der Waals surface area contributed by atoms with Crippen molar-refractivity contribution < 1.29 is 9.90 Å². The normalized spacial score (nSPS) is 11.6. The van der Waals surface area contributed by atoms with Gasteiger partial charge in [-0.05, 0) is 52.4 Å². The molecule has 0 aromatic heterocycles. The molecule has 3 rings (SSSR count). The molecular formula is C26H30O2. The zero-order valence-corrected chi connectivity index (χ0v) is 16.6. The van der Waals surface area contributed by atoms with Crippen LogP contribution >= 0.6 is 0 Å². The molecule has 0 aliphatic carbocycles. The number of hydrogen-bond donors (Lipinski definition) is 1. The summed E-state index contributed by atoms with van der Waals surface area (Å²) in [5.74, 6) is -0.675. The Morgan fingerprint density at radius 3 is 1.89 bits per heavy atom.